The van der Waals surface area contributed by atoms with Gasteiger partial charge in [-0.05, 0) is 19.1 Å². The summed E-state index contributed by atoms with van der Waals surface area (Å²) in [5.74, 6) is -0.926. The molecule has 0 saturated carbocycles. The van der Waals surface area contributed by atoms with Gasteiger partial charge in [-0.3, -0.25) is 15.5 Å². The predicted molar refractivity (Wildman–Crippen MR) is 68.3 cm³/mol. The van der Waals surface area contributed by atoms with Crippen molar-refractivity contribution in [1.82, 2.24) is 5.32 Å². The van der Waals surface area contributed by atoms with Crippen LogP contribution in [0.25, 0.3) is 0 Å². The van der Waals surface area contributed by atoms with Crippen LogP contribution in [0.5, 0.6) is 0 Å². The summed E-state index contributed by atoms with van der Waals surface area (Å²) in [6.45, 7) is 1.72. The molecule has 0 bridgehead atoms. The van der Waals surface area contributed by atoms with Crippen molar-refractivity contribution in [2.24, 2.45) is 5.10 Å². The molecule has 0 spiro atoms. The number of carbonyl (C=O) groups excluding carboxylic acids is 2. The van der Waals surface area contributed by atoms with Crippen molar-refractivity contribution in [3.8, 4) is 6.07 Å². The first-order chi connectivity index (χ1) is 9.17. The fourth-order valence-corrected chi connectivity index (χ4v) is 1.08. The molecule has 0 unspecified atom stereocenters. The van der Waals surface area contributed by atoms with Crippen molar-refractivity contribution < 1.29 is 14.3 Å². The Hall–Kier alpha value is -2.88. The lowest BCUT2D eigenvalue weighted by atomic mass is 10.3. The number of hydrogen-bond donors (Lipinski definition) is 2. The summed E-state index contributed by atoms with van der Waals surface area (Å²) in [5, 5.41) is 14.3. The van der Waals surface area contributed by atoms with Crippen molar-refractivity contribution in [2.75, 3.05) is 12.0 Å². The number of imide groups is 1. The molecule has 0 aliphatic heterocycles. The average Bonchev–Trinajstić information content (AvgIpc) is 2.40. The molecule has 19 heavy (non-hydrogen) atoms. The predicted octanol–water partition coefficient (Wildman–Crippen LogP) is 1.25. The second kappa shape index (κ2) is 7.45. The number of nitriles is 1. The molecule has 98 valence electrons. The lowest BCUT2D eigenvalue weighted by Crippen LogP contribution is -2.36. The zero-order chi connectivity index (χ0) is 14.1. The van der Waals surface area contributed by atoms with Crippen molar-refractivity contribution >= 4 is 23.4 Å². The molecule has 1 aromatic carbocycles. The number of rotatable bonds is 4. The zero-order valence-corrected chi connectivity index (χ0v) is 10.2. The second-order valence-electron chi connectivity index (χ2n) is 3.22. The normalized spacial score (nSPS) is 10.2. The lowest BCUT2D eigenvalue weighted by molar-refractivity contribution is -0.114. The van der Waals surface area contributed by atoms with Crippen LogP contribution in [0.2, 0.25) is 0 Å². The highest BCUT2D eigenvalue weighted by molar-refractivity contribution is 6.46. The number of hydrazone groups is 1. The van der Waals surface area contributed by atoms with Crippen LogP contribution in [0, 0.1) is 11.3 Å². The van der Waals surface area contributed by atoms with Crippen LogP contribution in [0.15, 0.2) is 35.4 Å². The van der Waals surface area contributed by atoms with Gasteiger partial charge in [0.05, 0.1) is 12.3 Å². The van der Waals surface area contributed by atoms with E-state index >= 15 is 0 Å². The second-order valence-corrected chi connectivity index (χ2v) is 3.22. The number of amides is 2. The fourth-order valence-electron chi connectivity index (χ4n) is 1.08. The van der Waals surface area contributed by atoms with Crippen LogP contribution >= 0.6 is 0 Å². The number of anilines is 1. The first kappa shape index (κ1) is 14.2. The maximum atomic E-state index is 11.5. The molecule has 0 saturated heterocycles. The van der Waals surface area contributed by atoms with E-state index in [1.165, 1.54) is 0 Å². The maximum Gasteiger partial charge on any atom is 0.414 e. The molecular weight excluding hydrogens is 248 g/mol. The van der Waals surface area contributed by atoms with Gasteiger partial charge in [0, 0.05) is 0 Å². The quantitative estimate of drug-likeness (QED) is 0.626. The van der Waals surface area contributed by atoms with E-state index in [1.54, 1.807) is 37.3 Å². The van der Waals surface area contributed by atoms with Crippen molar-refractivity contribution in [1.29, 1.82) is 5.26 Å². The molecular formula is C12H12N4O3. The van der Waals surface area contributed by atoms with E-state index in [-0.39, 0.29) is 6.61 Å². The highest BCUT2D eigenvalue weighted by atomic mass is 16.5. The molecule has 0 aliphatic rings. The SMILES string of the molecule is CCOC(=O)NC(=O)/C(C#N)=N/Nc1ccccc1. The third-order valence-electron chi connectivity index (χ3n) is 1.88. The molecule has 0 atom stereocenters. The number of ether oxygens (including phenoxy) is 1. The van der Waals surface area contributed by atoms with Crippen molar-refractivity contribution in [3.05, 3.63) is 30.3 Å². The molecule has 0 heterocycles. The van der Waals surface area contributed by atoms with Gasteiger partial charge >= 0.3 is 6.09 Å². The minimum Gasteiger partial charge on any atom is -0.450 e. The minimum absolute atomic E-state index is 0.125. The Balaban J connectivity index is 2.65. The molecule has 1 aromatic rings. The highest BCUT2D eigenvalue weighted by Crippen LogP contribution is 2.04. The first-order valence-corrected chi connectivity index (χ1v) is 5.44. The highest BCUT2D eigenvalue weighted by Gasteiger charge is 2.15. The van der Waals surface area contributed by atoms with Gasteiger partial charge in [0.2, 0.25) is 5.71 Å². The van der Waals surface area contributed by atoms with Gasteiger partial charge in [0.25, 0.3) is 5.91 Å². The van der Waals surface area contributed by atoms with E-state index in [4.69, 9.17) is 5.26 Å². The molecule has 0 radical (unpaired) electrons. The smallest absolute Gasteiger partial charge is 0.414 e. The monoisotopic (exact) mass is 260 g/mol. The summed E-state index contributed by atoms with van der Waals surface area (Å²) < 4.78 is 4.51. The average molecular weight is 260 g/mol. The summed E-state index contributed by atoms with van der Waals surface area (Å²) in [6.07, 6.45) is -0.921. The van der Waals surface area contributed by atoms with E-state index in [0.29, 0.717) is 5.69 Å². The van der Waals surface area contributed by atoms with Gasteiger partial charge in [0.1, 0.15) is 6.07 Å². The van der Waals surface area contributed by atoms with Crippen LogP contribution < -0.4 is 10.7 Å². The van der Waals surface area contributed by atoms with Crippen LogP contribution in [-0.4, -0.2) is 24.3 Å². The third-order valence-corrected chi connectivity index (χ3v) is 1.88. The van der Waals surface area contributed by atoms with Crippen LogP contribution in [-0.2, 0) is 9.53 Å². The Morgan fingerprint density at radius 2 is 2.05 bits per heavy atom. The Kier molecular flexibility index (Phi) is 5.56. The number of carbonyl (C=O) groups is 2. The van der Waals surface area contributed by atoms with Gasteiger partial charge in [-0.15, -0.1) is 0 Å². The summed E-state index contributed by atoms with van der Waals surface area (Å²) in [5.41, 5.74) is 2.67. The van der Waals surface area contributed by atoms with E-state index in [9.17, 15) is 9.59 Å². The Morgan fingerprint density at radius 1 is 1.37 bits per heavy atom. The number of nitrogens with one attached hydrogen (secondary N) is 2. The van der Waals surface area contributed by atoms with E-state index in [1.807, 2.05) is 11.4 Å². The van der Waals surface area contributed by atoms with E-state index in [0.717, 1.165) is 0 Å². The standard InChI is InChI=1S/C12H12N4O3/c1-2-19-12(18)14-11(17)10(8-13)16-15-9-6-4-3-5-7-9/h3-7,15H,2H2,1H3,(H,14,17,18)/b16-10+. The fraction of sp³-hybridized carbons (Fsp3) is 0.167. The summed E-state index contributed by atoms with van der Waals surface area (Å²) in [4.78, 5) is 22.5. The van der Waals surface area contributed by atoms with Gasteiger partial charge in [-0.1, -0.05) is 18.2 Å². The Labute approximate surface area is 109 Å². The molecule has 7 nitrogen and oxygen atoms in total. The molecule has 2 amide bonds. The van der Waals surface area contributed by atoms with E-state index < -0.39 is 17.7 Å². The number of hydrogen-bond acceptors (Lipinski definition) is 6. The molecule has 0 fully saturated rings. The van der Waals surface area contributed by atoms with Crippen LogP contribution in [0.1, 0.15) is 6.92 Å². The molecule has 1 rings (SSSR count). The number of alkyl carbamates (subject to hydrolysis) is 1. The third kappa shape index (κ3) is 4.87. The number of benzene rings is 1. The van der Waals surface area contributed by atoms with Gasteiger partial charge in [-0.25, -0.2) is 4.79 Å². The maximum absolute atomic E-state index is 11.5. The van der Waals surface area contributed by atoms with Crippen molar-refractivity contribution in [2.45, 2.75) is 6.92 Å². The number of para-hydroxylation sites is 1. The van der Waals surface area contributed by atoms with Crippen LogP contribution in [0.3, 0.4) is 0 Å². The van der Waals surface area contributed by atoms with Gasteiger partial charge in [-0.2, -0.15) is 10.4 Å². The molecule has 0 aliphatic carbocycles. The van der Waals surface area contributed by atoms with Crippen LogP contribution in [0.4, 0.5) is 10.5 Å². The lowest BCUT2D eigenvalue weighted by Gasteiger charge is -2.03. The van der Waals surface area contributed by atoms with Crippen molar-refractivity contribution in [3.63, 3.8) is 0 Å². The molecule has 2 N–H and O–H groups in total. The minimum atomic E-state index is -0.926. The first-order valence-electron chi connectivity index (χ1n) is 5.44. The molecule has 7 heteroatoms. The van der Waals surface area contributed by atoms with Gasteiger partial charge in [0.15, 0.2) is 0 Å². The molecule has 0 aromatic heterocycles. The number of nitrogens with zero attached hydrogens (tertiary/aromatic N) is 2. The zero-order valence-electron chi connectivity index (χ0n) is 10.2. The largest absolute Gasteiger partial charge is 0.450 e. The van der Waals surface area contributed by atoms with E-state index in [2.05, 4.69) is 15.3 Å². The Morgan fingerprint density at radius 3 is 2.63 bits per heavy atom. The topological polar surface area (TPSA) is 104 Å². The summed E-state index contributed by atoms with van der Waals surface area (Å²) in [6, 6.07) is 10.4. The Bertz CT molecular complexity index is 520. The summed E-state index contributed by atoms with van der Waals surface area (Å²) >= 11 is 0. The summed E-state index contributed by atoms with van der Waals surface area (Å²) in [7, 11) is 0. The van der Waals surface area contributed by atoms with Gasteiger partial charge < -0.3 is 4.74 Å².